The zero-order valence-corrected chi connectivity index (χ0v) is 10.5. The average molecular weight is 233 g/mol. The Morgan fingerprint density at radius 1 is 1.18 bits per heavy atom. The number of nitriles is 1. The molecule has 0 saturated carbocycles. The molecule has 0 spiro atoms. The van der Waals surface area contributed by atoms with Crippen LogP contribution in [0.1, 0.15) is 32.3 Å². The summed E-state index contributed by atoms with van der Waals surface area (Å²) in [5, 5.41) is 8.55. The maximum atomic E-state index is 8.55. The Morgan fingerprint density at radius 3 is 2.59 bits per heavy atom. The maximum absolute atomic E-state index is 8.55. The fraction of sp³-hybridized carbons (Fsp3) is 0.500. The minimum absolute atomic E-state index is 0.574. The molecular weight excluding hydrogens is 214 g/mol. The number of unbranched alkanes of at least 4 members (excludes halogenated alkanes) is 1. The third-order valence-electron chi connectivity index (χ3n) is 2.38. The van der Waals surface area contributed by atoms with E-state index in [2.05, 4.69) is 6.07 Å². The van der Waals surface area contributed by atoms with Crippen LogP contribution in [0.3, 0.4) is 0 Å². The van der Waals surface area contributed by atoms with E-state index in [1.807, 2.05) is 32.0 Å². The van der Waals surface area contributed by atoms with E-state index in [0.717, 1.165) is 29.9 Å². The van der Waals surface area contributed by atoms with Gasteiger partial charge in [-0.25, -0.2) is 0 Å². The van der Waals surface area contributed by atoms with Crippen molar-refractivity contribution in [2.75, 3.05) is 13.2 Å². The van der Waals surface area contributed by atoms with Crippen LogP contribution >= 0.6 is 0 Å². The SMILES string of the molecule is CCOc1ccc(OCC)c(CCCC#N)c1. The predicted octanol–water partition coefficient (Wildman–Crippen LogP) is 3.33. The molecule has 92 valence electrons. The van der Waals surface area contributed by atoms with Crippen molar-refractivity contribution in [1.29, 1.82) is 5.26 Å². The second-order valence-corrected chi connectivity index (χ2v) is 3.65. The van der Waals surface area contributed by atoms with Crippen molar-refractivity contribution < 1.29 is 9.47 Å². The summed E-state index contributed by atoms with van der Waals surface area (Å²) in [4.78, 5) is 0. The maximum Gasteiger partial charge on any atom is 0.122 e. The summed E-state index contributed by atoms with van der Waals surface area (Å²) in [6.45, 7) is 5.24. The Bertz CT molecular complexity index is 382. The molecule has 0 heterocycles. The fourth-order valence-corrected chi connectivity index (χ4v) is 1.66. The van der Waals surface area contributed by atoms with Crippen LogP contribution in [0.2, 0.25) is 0 Å². The van der Waals surface area contributed by atoms with E-state index in [4.69, 9.17) is 14.7 Å². The van der Waals surface area contributed by atoms with Gasteiger partial charge in [0.2, 0.25) is 0 Å². The van der Waals surface area contributed by atoms with Gasteiger partial charge < -0.3 is 9.47 Å². The molecule has 17 heavy (non-hydrogen) atoms. The van der Waals surface area contributed by atoms with Gasteiger partial charge in [-0.05, 0) is 50.5 Å². The summed E-state index contributed by atoms with van der Waals surface area (Å²) >= 11 is 0. The summed E-state index contributed by atoms with van der Waals surface area (Å²) in [6.07, 6.45) is 2.28. The number of benzene rings is 1. The molecule has 0 saturated heterocycles. The smallest absolute Gasteiger partial charge is 0.122 e. The second-order valence-electron chi connectivity index (χ2n) is 3.65. The third kappa shape index (κ3) is 4.36. The Hall–Kier alpha value is -1.69. The molecule has 0 aliphatic carbocycles. The first-order chi connectivity index (χ1) is 8.31. The van der Waals surface area contributed by atoms with Crippen LogP contribution in [0.4, 0.5) is 0 Å². The second kappa shape index (κ2) is 7.56. The van der Waals surface area contributed by atoms with Gasteiger partial charge in [-0.3, -0.25) is 0 Å². The van der Waals surface area contributed by atoms with Gasteiger partial charge in [0.1, 0.15) is 11.5 Å². The molecule has 0 bridgehead atoms. The topological polar surface area (TPSA) is 42.2 Å². The molecular formula is C14H19NO2. The highest BCUT2D eigenvalue weighted by atomic mass is 16.5. The summed E-state index contributed by atoms with van der Waals surface area (Å²) in [5.41, 5.74) is 1.12. The summed E-state index contributed by atoms with van der Waals surface area (Å²) in [7, 11) is 0. The first kappa shape index (κ1) is 13.4. The lowest BCUT2D eigenvalue weighted by Crippen LogP contribution is -1.99. The van der Waals surface area contributed by atoms with Crippen molar-refractivity contribution in [2.24, 2.45) is 0 Å². The van der Waals surface area contributed by atoms with Crippen LogP contribution in [0.5, 0.6) is 11.5 Å². The van der Waals surface area contributed by atoms with Gasteiger partial charge in [0, 0.05) is 6.42 Å². The lowest BCUT2D eigenvalue weighted by molar-refractivity contribution is 0.327. The zero-order valence-electron chi connectivity index (χ0n) is 10.5. The molecule has 1 rings (SSSR count). The Kier molecular flexibility index (Phi) is 5.95. The molecule has 0 aromatic heterocycles. The lowest BCUT2D eigenvalue weighted by atomic mass is 10.1. The van der Waals surface area contributed by atoms with E-state index in [1.165, 1.54) is 0 Å². The van der Waals surface area contributed by atoms with E-state index in [1.54, 1.807) is 0 Å². The number of ether oxygens (including phenoxy) is 2. The molecule has 0 N–H and O–H groups in total. The van der Waals surface area contributed by atoms with Crippen LogP contribution in [-0.2, 0) is 6.42 Å². The molecule has 0 atom stereocenters. The van der Waals surface area contributed by atoms with Crippen molar-refractivity contribution in [3.8, 4) is 17.6 Å². The van der Waals surface area contributed by atoms with E-state index < -0.39 is 0 Å². The molecule has 0 aliphatic heterocycles. The number of nitrogens with zero attached hydrogens (tertiary/aromatic N) is 1. The Balaban J connectivity index is 2.78. The van der Waals surface area contributed by atoms with Crippen LogP contribution < -0.4 is 9.47 Å². The van der Waals surface area contributed by atoms with Crippen molar-refractivity contribution in [3.63, 3.8) is 0 Å². The molecule has 0 fully saturated rings. The van der Waals surface area contributed by atoms with Crippen molar-refractivity contribution >= 4 is 0 Å². The van der Waals surface area contributed by atoms with Gasteiger partial charge in [-0.2, -0.15) is 5.26 Å². The lowest BCUT2D eigenvalue weighted by Gasteiger charge is -2.12. The number of rotatable bonds is 7. The number of hydrogen-bond acceptors (Lipinski definition) is 3. The quantitative estimate of drug-likeness (QED) is 0.678. The minimum Gasteiger partial charge on any atom is -0.494 e. The normalized spacial score (nSPS) is 9.71. The van der Waals surface area contributed by atoms with Crippen LogP contribution in [-0.4, -0.2) is 13.2 Å². The van der Waals surface area contributed by atoms with Crippen molar-refractivity contribution in [3.05, 3.63) is 23.8 Å². The fourth-order valence-electron chi connectivity index (χ4n) is 1.66. The van der Waals surface area contributed by atoms with Crippen molar-refractivity contribution in [1.82, 2.24) is 0 Å². The highest BCUT2D eigenvalue weighted by molar-refractivity contribution is 5.40. The van der Waals surface area contributed by atoms with Gasteiger partial charge in [0.05, 0.1) is 19.3 Å². The molecule has 0 unspecified atom stereocenters. The zero-order chi connectivity index (χ0) is 12.5. The molecule has 0 amide bonds. The Morgan fingerprint density at radius 2 is 1.94 bits per heavy atom. The van der Waals surface area contributed by atoms with Crippen LogP contribution in [0.15, 0.2) is 18.2 Å². The van der Waals surface area contributed by atoms with E-state index in [0.29, 0.717) is 19.6 Å². The van der Waals surface area contributed by atoms with Gasteiger partial charge in [-0.1, -0.05) is 0 Å². The average Bonchev–Trinajstić information content (AvgIpc) is 2.33. The van der Waals surface area contributed by atoms with Crippen molar-refractivity contribution in [2.45, 2.75) is 33.1 Å². The number of aryl methyl sites for hydroxylation is 1. The first-order valence-electron chi connectivity index (χ1n) is 6.07. The highest BCUT2D eigenvalue weighted by Gasteiger charge is 2.05. The molecule has 3 heteroatoms. The van der Waals surface area contributed by atoms with Crippen LogP contribution in [0.25, 0.3) is 0 Å². The van der Waals surface area contributed by atoms with E-state index in [-0.39, 0.29) is 0 Å². The Labute approximate surface area is 103 Å². The molecule has 1 aromatic carbocycles. The highest BCUT2D eigenvalue weighted by Crippen LogP contribution is 2.26. The van der Waals surface area contributed by atoms with Crippen LogP contribution in [0, 0.1) is 11.3 Å². The van der Waals surface area contributed by atoms with Gasteiger partial charge in [0.25, 0.3) is 0 Å². The van der Waals surface area contributed by atoms with Gasteiger partial charge >= 0.3 is 0 Å². The molecule has 0 aliphatic rings. The van der Waals surface area contributed by atoms with E-state index >= 15 is 0 Å². The number of hydrogen-bond donors (Lipinski definition) is 0. The largest absolute Gasteiger partial charge is 0.494 e. The summed E-state index contributed by atoms with van der Waals surface area (Å²) in [5.74, 6) is 1.76. The van der Waals surface area contributed by atoms with E-state index in [9.17, 15) is 0 Å². The first-order valence-corrected chi connectivity index (χ1v) is 6.07. The van der Waals surface area contributed by atoms with Gasteiger partial charge in [0.15, 0.2) is 0 Å². The molecule has 3 nitrogen and oxygen atoms in total. The molecule has 0 radical (unpaired) electrons. The third-order valence-corrected chi connectivity index (χ3v) is 2.38. The minimum atomic E-state index is 0.574. The standard InChI is InChI=1S/C14H19NO2/c1-3-16-13-8-9-14(17-4-2)12(11-13)7-5-6-10-15/h8-9,11H,3-7H2,1-2H3. The summed E-state index contributed by atoms with van der Waals surface area (Å²) in [6, 6.07) is 8.02. The molecule has 1 aromatic rings. The predicted molar refractivity (Wildman–Crippen MR) is 67.3 cm³/mol. The summed E-state index contributed by atoms with van der Waals surface area (Å²) < 4.78 is 11.0. The van der Waals surface area contributed by atoms with Gasteiger partial charge in [-0.15, -0.1) is 0 Å². The monoisotopic (exact) mass is 233 g/mol.